The molecular formula is C22H23N3O4S. The molecule has 3 atom stereocenters. The third kappa shape index (κ3) is 3.71. The molecule has 1 aromatic heterocycles. The average Bonchev–Trinajstić information content (AvgIpc) is 3.48. The second kappa shape index (κ2) is 7.83. The Bertz CT molecular complexity index is 990. The highest BCUT2D eigenvalue weighted by molar-refractivity contribution is 7.17. The first-order chi connectivity index (χ1) is 14.6. The van der Waals surface area contributed by atoms with Gasteiger partial charge < -0.3 is 9.64 Å². The number of piperidine rings is 1. The molecule has 2 amide bonds. The number of ether oxygens (including phenoxy) is 1. The van der Waals surface area contributed by atoms with Gasteiger partial charge in [0.1, 0.15) is 5.75 Å². The van der Waals surface area contributed by atoms with Gasteiger partial charge in [-0.3, -0.25) is 19.7 Å². The Morgan fingerprint density at radius 2 is 2.03 bits per heavy atom. The SMILES string of the molecule is O=C(COc1ccccc1)Nc1nc2c(s1)C(=O)C[C@@H](C(=O)N1C[C@@H]3CC[C@@H]1C3)C2. The van der Waals surface area contributed by atoms with Crippen molar-refractivity contribution in [3.05, 3.63) is 40.9 Å². The van der Waals surface area contributed by atoms with Crippen LogP contribution in [0.3, 0.4) is 0 Å². The first-order valence-electron chi connectivity index (χ1n) is 10.4. The summed E-state index contributed by atoms with van der Waals surface area (Å²) in [6, 6.07) is 9.44. The van der Waals surface area contributed by atoms with Crippen molar-refractivity contribution in [1.29, 1.82) is 0 Å². The zero-order valence-corrected chi connectivity index (χ0v) is 17.3. The molecule has 5 rings (SSSR count). The number of nitrogens with one attached hydrogen (secondary N) is 1. The van der Waals surface area contributed by atoms with Crippen LogP contribution in [0.5, 0.6) is 5.75 Å². The van der Waals surface area contributed by atoms with Crippen LogP contribution in [0, 0.1) is 11.8 Å². The third-order valence-corrected chi connectivity index (χ3v) is 7.28. The van der Waals surface area contributed by atoms with Crippen molar-refractivity contribution >= 4 is 34.1 Å². The number of hydrogen-bond acceptors (Lipinski definition) is 6. The fraction of sp³-hybridized carbons (Fsp3) is 0.455. The van der Waals surface area contributed by atoms with Crippen LogP contribution in [0.15, 0.2) is 30.3 Å². The predicted molar refractivity (Wildman–Crippen MR) is 112 cm³/mol. The van der Waals surface area contributed by atoms with Crippen molar-refractivity contribution in [2.45, 2.75) is 38.1 Å². The molecule has 2 fully saturated rings. The lowest BCUT2D eigenvalue weighted by molar-refractivity contribution is -0.137. The summed E-state index contributed by atoms with van der Waals surface area (Å²) in [6.45, 7) is 0.696. The van der Waals surface area contributed by atoms with Crippen LogP contribution in [0.4, 0.5) is 5.13 Å². The van der Waals surface area contributed by atoms with Crippen molar-refractivity contribution in [2.24, 2.45) is 11.8 Å². The summed E-state index contributed by atoms with van der Waals surface area (Å²) in [7, 11) is 0. The number of nitrogens with zero attached hydrogens (tertiary/aromatic N) is 2. The maximum atomic E-state index is 13.0. The molecule has 8 heteroatoms. The Kier molecular flexibility index (Phi) is 5.02. The highest BCUT2D eigenvalue weighted by atomic mass is 32.1. The van der Waals surface area contributed by atoms with Crippen molar-refractivity contribution in [2.75, 3.05) is 18.5 Å². The minimum absolute atomic E-state index is 0.0579. The molecule has 2 heterocycles. The molecule has 7 nitrogen and oxygen atoms in total. The number of anilines is 1. The predicted octanol–water partition coefficient (Wildman–Crippen LogP) is 2.92. The maximum absolute atomic E-state index is 13.0. The van der Waals surface area contributed by atoms with E-state index >= 15 is 0 Å². The molecule has 1 N–H and O–H groups in total. The molecule has 2 aliphatic carbocycles. The number of aromatic nitrogens is 1. The van der Waals surface area contributed by atoms with Gasteiger partial charge in [0.2, 0.25) is 5.91 Å². The van der Waals surface area contributed by atoms with Gasteiger partial charge in [-0.05, 0) is 37.3 Å². The van der Waals surface area contributed by atoms with Gasteiger partial charge in [-0.1, -0.05) is 29.5 Å². The zero-order valence-electron chi connectivity index (χ0n) is 16.5. The lowest BCUT2D eigenvalue weighted by Gasteiger charge is -2.31. The molecule has 2 aromatic rings. The summed E-state index contributed by atoms with van der Waals surface area (Å²) < 4.78 is 5.44. The monoisotopic (exact) mass is 425 g/mol. The van der Waals surface area contributed by atoms with E-state index in [2.05, 4.69) is 10.3 Å². The average molecular weight is 426 g/mol. The van der Waals surface area contributed by atoms with E-state index in [0.29, 0.717) is 39.8 Å². The number of hydrogen-bond donors (Lipinski definition) is 1. The lowest BCUT2D eigenvalue weighted by atomic mass is 9.88. The maximum Gasteiger partial charge on any atom is 0.264 e. The Morgan fingerprint density at radius 1 is 1.20 bits per heavy atom. The van der Waals surface area contributed by atoms with Gasteiger partial charge in [-0.15, -0.1) is 0 Å². The minimum atomic E-state index is -0.337. The van der Waals surface area contributed by atoms with Gasteiger partial charge in [0.15, 0.2) is 17.5 Å². The molecule has 3 aliphatic rings. The van der Waals surface area contributed by atoms with Crippen molar-refractivity contribution in [3.8, 4) is 5.75 Å². The highest BCUT2D eigenvalue weighted by Gasteiger charge is 2.44. The van der Waals surface area contributed by atoms with Crippen molar-refractivity contribution in [3.63, 3.8) is 0 Å². The molecule has 1 aliphatic heterocycles. The van der Waals surface area contributed by atoms with E-state index in [1.165, 1.54) is 17.8 Å². The molecular weight excluding hydrogens is 402 g/mol. The normalized spacial score (nSPS) is 24.6. The second-order valence-electron chi connectivity index (χ2n) is 8.30. The number of ketones is 1. The number of rotatable bonds is 5. The number of likely N-dealkylation sites (tertiary alicyclic amines) is 1. The van der Waals surface area contributed by atoms with Crippen LogP contribution in [-0.4, -0.2) is 46.7 Å². The fourth-order valence-electron chi connectivity index (χ4n) is 4.81. The highest BCUT2D eigenvalue weighted by Crippen LogP contribution is 2.40. The van der Waals surface area contributed by atoms with Crippen LogP contribution in [0.25, 0.3) is 0 Å². The topological polar surface area (TPSA) is 88.6 Å². The zero-order chi connectivity index (χ0) is 20.7. The van der Waals surface area contributed by atoms with Gasteiger partial charge >= 0.3 is 0 Å². The van der Waals surface area contributed by atoms with Gasteiger partial charge in [0, 0.05) is 25.4 Å². The summed E-state index contributed by atoms with van der Waals surface area (Å²) in [4.78, 5) is 44.8. The van der Waals surface area contributed by atoms with Crippen molar-refractivity contribution < 1.29 is 19.1 Å². The first kappa shape index (κ1) is 19.2. The molecule has 0 unspecified atom stereocenters. The largest absolute Gasteiger partial charge is 0.484 e. The number of amides is 2. The Labute approximate surface area is 178 Å². The van der Waals surface area contributed by atoms with Gasteiger partial charge in [-0.25, -0.2) is 4.98 Å². The second-order valence-corrected chi connectivity index (χ2v) is 9.30. The van der Waals surface area contributed by atoms with E-state index < -0.39 is 0 Å². The third-order valence-electron chi connectivity index (χ3n) is 6.22. The number of Topliss-reactive ketones (excluding diaryl/α,β-unsaturated/α-hetero) is 1. The van der Waals surface area contributed by atoms with Crippen molar-refractivity contribution in [1.82, 2.24) is 9.88 Å². The Morgan fingerprint density at radius 3 is 2.77 bits per heavy atom. The summed E-state index contributed by atoms with van der Waals surface area (Å²) in [5, 5.41) is 3.09. The van der Waals surface area contributed by atoms with Gasteiger partial charge in [-0.2, -0.15) is 0 Å². The number of benzene rings is 1. The van der Waals surface area contributed by atoms with E-state index in [-0.39, 0.29) is 36.5 Å². The summed E-state index contributed by atoms with van der Waals surface area (Å²) in [6.07, 6.45) is 4.09. The van der Waals surface area contributed by atoms with Crippen LogP contribution >= 0.6 is 11.3 Å². The molecule has 1 saturated carbocycles. The summed E-state index contributed by atoms with van der Waals surface area (Å²) >= 11 is 1.18. The summed E-state index contributed by atoms with van der Waals surface area (Å²) in [5.41, 5.74) is 0.623. The van der Waals surface area contributed by atoms with E-state index in [1.54, 1.807) is 12.1 Å². The Hall–Kier alpha value is -2.74. The van der Waals surface area contributed by atoms with Crippen LogP contribution in [-0.2, 0) is 16.0 Å². The van der Waals surface area contributed by atoms with E-state index in [4.69, 9.17) is 4.74 Å². The van der Waals surface area contributed by atoms with Crippen LogP contribution in [0.1, 0.15) is 41.0 Å². The number of carbonyl (C=O) groups is 3. The van der Waals surface area contributed by atoms with Gasteiger partial charge in [0.25, 0.3) is 5.91 Å². The lowest BCUT2D eigenvalue weighted by Crippen LogP contribution is -2.43. The van der Waals surface area contributed by atoms with E-state index in [1.807, 2.05) is 23.1 Å². The number of thiazole rings is 1. The summed E-state index contributed by atoms with van der Waals surface area (Å²) in [5.74, 6) is 0.606. The van der Waals surface area contributed by atoms with Crippen LogP contribution in [0.2, 0.25) is 0 Å². The molecule has 2 bridgehead atoms. The molecule has 1 aromatic carbocycles. The number of carbonyl (C=O) groups excluding carboxylic acids is 3. The molecule has 0 spiro atoms. The van der Waals surface area contributed by atoms with E-state index in [9.17, 15) is 14.4 Å². The first-order valence-corrected chi connectivity index (χ1v) is 11.2. The minimum Gasteiger partial charge on any atom is -0.484 e. The molecule has 156 valence electrons. The standard InChI is InChI=1S/C22H23N3O4S/c26-18-10-14(21(28)25-11-13-6-7-15(25)8-13)9-17-20(18)30-22(23-17)24-19(27)12-29-16-4-2-1-3-5-16/h1-5,13-15H,6-12H2,(H,23,24,27)/t13-,14+,15-/m1/s1. The Balaban J connectivity index is 1.22. The molecule has 1 saturated heterocycles. The smallest absolute Gasteiger partial charge is 0.264 e. The van der Waals surface area contributed by atoms with Crippen LogP contribution < -0.4 is 10.1 Å². The quantitative estimate of drug-likeness (QED) is 0.796. The van der Waals surface area contributed by atoms with E-state index in [0.717, 1.165) is 19.4 Å². The number of para-hydroxylation sites is 1. The van der Waals surface area contributed by atoms with Gasteiger partial charge in [0.05, 0.1) is 16.5 Å². The molecule has 0 radical (unpaired) electrons. The number of fused-ring (bicyclic) bond motifs is 3. The fourth-order valence-corrected chi connectivity index (χ4v) is 5.77. The molecule has 30 heavy (non-hydrogen) atoms.